The summed E-state index contributed by atoms with van der Waals surface area (Å²) in [5.41, 5.74) is 7.40. The number of benzene rings is 1. The van der Waals surface area contributed by atoms with Crippen molar-refractivity contribution in [2.24, 2.45) is 0 Å². The van der Waals surface area contributed by atoms with E-state index in [1.807, 2.05) is 30.3 Å². The van der Waals surface area contributed by atoms with Crippen LogP contribution in [-0.2, 0) is 24.2 Å². The number of hydrogen-bond donors (Lipinski definition) is 2. The molecule has 2 rings (SSSR count). The Morgan fingerprint density at radius 3 is 2.50 bits per heavy atom. The number of aliphatic carboxylic acids is 1. The van der Waals surface area contributed by atoms with Gasteiger partial charge >= 0.3 is 5.97 Å². The molecule has 0 radical (unpaired) electrons. The predicted octanol–water partition coefficient (Wildman–Crippen LogP) is 1.30. The fourth-order valence-electron chi connectivity index (χ4n) is 2.04. The van der Waals surface area contributed by atoms with Gasteiger partial charge in [0.2, 0.25) is 0 Å². The van der Waals surface area contributed by atoms with Gasteiger partial charge in [0, 0.05) is 6.20 Å². The van der Waals surface area contributed by atoms with Crippen LogP contribution in [0.4, 0.5) is 5.69 Å². The normalized spacial score (nSPS) is 10.4. The van der Waals surface area contributed by atoms with Crippen molar-refractivity contribution in [1.82, 2.24) is 4.57 Å². The molecule has 0 saturated carbocycles. The number of carboxylic acids is 1. The maximum absolute atomic E-state index is 11.9. The Morgan fingerprint density at radius 1 is 1.15 bits per heavy atom. The molecule has 20 heavy (non-hydrogen) atoms. The largest absolute Gasteiger partial charge is 0.480 e. The number of nitrogens with two attached hydrogens (primary N) is 1. The zero-order valence-corrected chi connectivity index (χ0v) is 11.0. The molecule has 5 nitrogen and oxygen atoms in total. The van der Waals surface area contributed by atoms with Crippen LogP contribution in [0, 0.1) is 0 Å². The number of nitrogens with zero attached hydrogens (tertiary/aromatic N) is 1. The van der Waals surface area contributed by atoms with E-state index < -0.39 is 11.5 Å². The molecule has 0 unspecified atom stereocenters. The number of rotatable bonds is 5. The van der Waals surface area contributed by atoms with Gasteiger partial charge in [-0.3, -0.25) is 9.59 Å². The van der Waals surface area contributed by atoms with Crippen molar-refractivity contribution < 1.29 is 9.90 Å². The first-order valence-electron chi connectivity index (χ1n) is 6.31. The number of hydrogen-bond acceptors (Lipinski definition) is 3. The fraction of sp³-hybridized carbons (Fsp3) is 0.200. The highest BCUT2D eigenvalue weighted by molar-refractivity contribution is 5.66. The average Bonchev–Trinajstić information content (AvgIpc) is 2.44. The third-order valence-electron chi connectivity index (χ3n) is 3.12. The molecule has 0 bridgehead atoms. The van der Waals surface area contributed by atoms with Crippen molar-refractivity contribution in [3.05, 3.63) is 64.1 Å². The summed E-state index contributed by atoms with van der Waals surface area (Å²) in [5, 5.41) is 8.70. The van der Waals surface area contributed by atoms with Crippen LogP contribution in [0.1, 0.15) is 11.1 Å². The third kappa shape index (κ3) is 3.26. The van der Waals surface area contributed by atoms with E-state index in [2.05, 4.69) is 0 Å². The molecule has 104 valence electrons. The van der Waals surface area contributed by atoms with Gasteiger partial charge in [-0.05, 0) is 30.0 Å². The predicted molar refractivity (Wildman–Crippen MR) is 76.6 cm³/mol. The quantitative estimate of drug-likeness (QED) is 0.859. The summed E-state index contributed by atoms with van der Waals surface area (Å²) in [6.45, 7) is -0.373. The standard InChI is InChI=1S/C15H16N2O3/c16-14-12(7-6-11-4-2-1-3-5-11)8-9-17(15(14)20)10-13(18)19/h1-5,8-9H,6-7,10,16H2,(H,18,19). The molecule has 2 aromatic rings. The van der Waals surface area contributed by atoms with Crippen LogP contribution in [-0.4, -0.2) is 15.6 Å². The van der Waals surface area contributed by atoms with Crippen molar-refractivity contribution in [2.45, 2.75) is 19.4 Å². The molecule has 0 saturated heterocycles. The van der Waals surface area contributed by atoms with Crippen LogP contribution in [0.5, 0.6) is 0 Å². The molecule has 1 aromatic carbocycles. The molecule has 0 fully saturated rings. The molecule has 5 heteroatoms. The van der Waals surface area contributed by atoms with E-state index in [4.69, 9.17) is 10.8 Å². The zero-order chi connectivity index (χ0) is 14.5. The number of anilines is 1. The molecular weight excluding hydrogens is 256 g/mol. The highest BCUT2D eigenvalue weighted by Crippen LogP contribution is 2.11. The van der Waals surface area contributed by atoms with E-state index in [0.29, 0.717) is 6.42 Å². The lowest BCUT2D eigenvalue weighted by Crippen LogP contribution is -2.26. The minimum absolute atomic E-state index is 0.129. The van der Waals surface area contributed by atoms with Gasteiger partial charge in [0.1, 0.15) is 12.2 Å². The SMILES string of the molecule is Nc1c(CCc2ccccc2)ccn(CC(=O)O)c1=O. The average molecular weight is 272 g/mol. The van der Waals surface area contributed by atoms with Crippen molar-refractivity contribution in [3.63, 3.8) is 0 Å². The van der Waals surface area contributed by atoms with Crippen LogP contribution in [0.15, 0.2) is 47.4 Å². The Bertz CT molecular complexity index is 663. The Morgan fingerprint density at radius 2 is 1.85 bits per heavy atom. The third-order valence-corrected chi connectivity index (χ3v) is 3.12. The molecule has 0 aliphatic rings. The second-order valence-corrected chi connectivity index (χ2v) is 4.57. The van der Waals surface area contributed by atoms with E-state index in [9.17, 15) is 9.59 Å². The van der Waals surface area contributed by atoms with Crippen LogP contribution >= 0.6 is 0 Å². The summed E-state index contributed by atoms with van der Waals surface area (Å²) in [7, 11) is 0. The second-order valence-electron chi connectivity index (χ2n) is 4.57. The maximum Gasteiger partial charge on any atom is 0.323 e. The number of carboxylic acid groups (broad SMARTS) is 1. The molecule has 0 aliphatic heterocycles. The van der Waals surface area contributed by atoms with Crippen LogP contribution in [0.3, 0.4) is 0 Å². The number of carbonyl (C=O) groups is 1. The van der Waals surface area contributed by atoms with Gasteiger partial charge in [-0.1, -0.05) is 30.3 Å². The van der Waals surface area contributed by atoms with Crippen LogP contribution < -0.4 is 11.3 Å². The highest BCUT2D eigenvalue weighted by atomic mass is 16.4. The van der Waals surface area contributed by atoms with Gasteiger partial charge in [-0.25, -0.2) is 0 Å². The van der Waals surface area contributed by atoms with Crippen LogP contribution in [0.25, 0.3) is 0 Å². The number of pyridine rings is 1. The van der Waals surface area contributed by atoms with Crippen LogP contribution in [0.2, 0.25) is 0 Å². The van der Waals surface area contributed by atoms with E-state index in [-0.39, 0.29) is 12.2 Å². The Kier molecular flexibility index (Phi) is 4.20. The molecular formula is C15H16N2O3. The van der Waals surface area contributed by atoms with Gasteiger partial charge in [-0.2, -0.15) is 0 Å². The highest BCUT2D eigenvalue weighted by Gasteiger charge is 2.09. The van der Waals surface area contributed by atoms with E-state index >= 15 is 0 Å². The first kappa shape index (κ1) is 13.9. The summed E-state index contributed by atoms with van der Waals surface area (Å²) >= 11 is 0. The monoisotopic (exact) mass is 272 g/mol. The minimum atomic E-state index is -1.07. The fourth-order valence-corrected chi connectivity index (χ4v) is 2.04. The molecule has 0 atom stereocenters. The summed E-state index contributed by atoms with van der Waals surface area (Å²) in [4.78, 5) is 22.5. The van der Waals surface area contributed by atoms with E-state index in [0.717, 1.165) is 16.6 Å². The Balaban J connectivity index is 2.15. The lowest BCUT2D eigenvalue weighted by molar-refractivity contribution is -0.137. The first-order valence-corrected chi connectivity index (χ1v) is 6.31. The Labute approximate surface area is 116 Å². The molecule has 0 spiro atoms. The summed E-state index contributed by atoms with van der Waals surface area (Å²) in [5.74, 6) is -1.07. The molecule has 0 amide bonds. The van der Waals surface area contributed by atoms with Crippen molar-refractivity contribution in [2.75, 3.05) is 5.73 Å². The molecule has 3 N–H and O–H groups in total. The van der Waals surface area contributed by atoms with Crippen molar-refractivity contribution >= 4 is 11.7 Å². The molecule has 0 aliphatic carbocycles. The number of aromatic nitrogens is 1. The van der Waals surface area contributed by atoms with Crippen molar-refractivity contribution in [1.29, 1.82) is 0 Å². The first-order chi connectivity index (χ1) is 9.58. The zero-order valence-electron chi connectivity index (χ0n) is 11.0. The topological polar surface area (TPSA) is 85.3 Å². The van der Waals surface area contributed by atoms with E-state index in [1.54, 1.807) is 6.07 Å². The lowest BCUT2D eigenvalue weighted by Gasteiger charge is -2.08. The summed E-state index contributed by atoms with van der Waals surface area (Å²) in [6.07, 6.45) is 2.92. The van der Waals surface area contributed by atoms with Gasteiger partial charge in [0.05, 0.1) is 0 Å². The Hall–Kier alpha value is -2.56. The van der Waals surface area contributed by atoms with Gasteiger partial charge in [0.15, 0.2) is 0 Å². The van der Waals surface area contributed by atoms with E-state index in [1.165, 1.54) is 11.8 Å². The smallest absolute Gasteiger partial charge is 0.323 e. The molecule has 1 heterocycles. The van der Waals surface area contributed by atoms with Crippen molar-refractivity contribution in [3.8, 4) is 0 Å². The minimum Gasteiger partial charge on any atom is -0.480 e. The number of aryl methyl sites for hydroxylation is 2. The van der Waals surface area contributed by atoms with Gasteiger partial charge < -0.3 is 15.4 Å². The van der Waals surface area contributed by atoms with Gasteiger partial charge in [-0.15, -0.1) is 0 Å². The number of nitrogen functional groups attached to an aromatic ring is 1. The maximum atomic E-state index is 11.9. The molecule has 1 aromatic heterocycles. The summed E-state index contributed by atoms with van der Waals surface area (Å²) in [6, 6.07) is 11.6. The second kappa shape index (κ2) is 6.06. The lowest BCUT2D eigenvalue weighted by atomic mass is 10.0. The summed E-state index contributed by atoms with van der Waals surface area (Å²) < 4.78 is 1.10. The van der Waals surface area contributed by atoms with Gasteiger partial charge in [0.25, 0.3) is 5.56 Å².